The summed E-state index contributed by atoms with van der Waals surface area (Å²) in [6.45, 7) is 13.2. The number of hydrogen-bond donors (Lipinski definition) is 1. The Balaban J connectivity index is 1.50. The first-order chi connectivity index (χ1) is 11.2. The molecule has 24 heavy (non-hydrogen) atoms. The molecule has 0 radical (unpaired) electrons. The van der Waals surface area contributed by atoms with Crippen LogP contribution in [0.5, 0.6) is 0 Å². The Hall–Kier alpha value is -1.55. The van der Waals surface area contributed by atoms with Crippen LogP contribution in [0, 0.1) is 17.8 Å². The largest absolute Gasteiger partial charge is 0.444 e. The van der Waals surface area contributed by atoms with E-state index >= 15 is 0 Å². The van der Waals surface area contributed by atoms with Gasteiger partial charge >= 0.3 is 6.09 Å². The number of carbonyl (C=O) groups is 1. The lowest BCUT2D eigenvalue weighted by atomic mass is 9.94. The molecule has 0 aromatic heterocycles. The number of fused-ring (bicyclic) bond motifs is 1. The van der Waals surface area contributed by atoms with Crippen LogP contribution in [-0.4, -0.2) is 35.2 Å². The highest BCUT2D eigenvalue weighted by Gasteiger charge is 2.61. The molecule has 1 amide bonds. The van der Waals surface area contributed by atoms with Gasteiger partial charge in [0.2, 0.25) is 0 Å². The van der Waals surface area contributed by atoms with Gasteiger partial charge in [0.15, 0.2) is 0 Å². The minimum absolute atomic E-state index is 0.212. The number of likely N-dealkylation sites (tertiary alicyclic amines) is 1. The fraction of sp³-hybridized carbons (Fsp3) is 0.650. The zero-order valence-electron chi connectivity index (χ0n) is 15.5. The van der Waals surface area contributed by atoms with Crippen LogP contribution in [0.1, 0.15) is 40.2 Å². The topological polar surface area (TPSA) is 41.6 Å². The van der Waals surface area contributed by atoms with Crippen molar-refractivity contribution < 1.29 is 9.53 Å². The van der Waals surface area contributed by atoms with E-state index in [1.54, 1.807) is 0 Å². The van der Waals surface area contributed by atoms with Crippen molar-refractivity contribution in [2.75, 3.05) is 13.1 Å². The average molecular weight is 330 g/mol. The van der Waals surface area contributed by atoms with Crippen molar-refractivity contribution in [1.29, 1.82) is 0 Å². The predicted molar refractivity (Wildman–Crippen MR) is 95.6 cm³/mol. The summed E-state index contributed by atoms with van der Waals surface area (Å²) in [6.07, 6.45) is -0.307. The number of nitrogens with one attached hydrogen (secondary N) is 1. The molecule has 1 N–H and O–H groups in total. The van der Waals surface area contributed by atoms with Crippen molar-refractivity contribution in [3.8, 4) is 0 Å². The molecule has 2 fully saturated rings. The van der Waals surface area contributed by atoms with Gasteiger partial charge in [-0.15, -0.1) is 0 Å². The second-order valence-corrected chi connectivity index (χ2v) is 8.88. The summed E-state index contributed by atoms with van der Waals surface area (Å²) in [5.41, 5.74) is 0.712. The lowest BCUT2D eigenvalue weighted by Gasteiger charge is -2.31. The van der Waals surface area contributed by atoms with Crippen molar-refractivity contribution in [2.45, 2.75) is 52.3 Å². The molecule has 1 heterocycles. The fourth-order valence-corrected chi connectivity index (χ4v) is 4.30. The van der Waals surface area contributed by atoms with E-state index < -0.39 is 5.60 Å². The van der Waals surface area contributed by atoms with Gasteiger partial charge in [-0.1, -0.05) is 30.3 Å². The number of alkyl carbamates (subject to hydrolysis) is 1. The van der Waals surface area contributed by atoms with Gasteiger partial charge < -0.3 is 10.1 Å². The third-order valence-corrected chi connectivity index (χ3v) is 5.18. The zero-order chi connectivity index (χ0) is 17.5. The van der Waals surface area contributed by atoms with Crippen LogP contribution in [0.3, 0.4) is 0 Å². The fourth-order valence-electron chi connectivity index (χ4n) is 4.30. The number of rotatable bonds is 4. The lowest BCUT2D eigenvalue weighted by molar-refractivity contribution is 0.0449. The van der Waals surface area contributed by atoms with Crippen molar-refractivity contribution in [1.82, 2.24) is 10.2 Å². The molecule has 132 valence electrons. The quantitative estimate of drug-likeness (QED) is 0.916. The van der Waals surface area contributed by atoms with Gasteiger partial charge in [-0.2, -0.15) is 0 Å². The first-order valence-electron chi connectivity index (χ1n) is 8.93. The smallest absolute Gasteiger partial charge is 0.408 e. The third-order valence-electron chi connectivity index (χ3n) is 5.18. The van der Waals surface area contributed by atoms with Gasteiger partial charge in [0.25, 0.3) is 0 Å². The molecule has 1 saturated heterocycles. The van der Waals surface area contributed by atoms with Crippen molar-refractivity contribution >= 4 is 6.09 Å². The Kier molecular flexibility index (Phi) is 4.37. The molecule has 1 aromatic carbocycles. The van der Waals surface area contributed by atoms with E-state index in [2.05, 4.69) is 54.4 Å². The first kappa shape index (κ1) is 17.3. The third kappa shape index (κ3) is 3.92. The zero-order valence-corrected chi connectivity index (χ0v) is 15.5. The molecule has 4 heteroatoms. The molecule has 0 spiro atoms. The molecule has 1 aliphatic carbocycles. The van der Waals surface area contributed by atoms with Gasteiger partial charge in [0.05, 0.1) is 0 Å². The van der Waals surface area contributed by atoms with Crippen LogP contribution in [0.15, 0.2) is 30.3 Å². The Morgan fingerprint density at radius 1 is 1.12 bits per heavy atom. The summed E-state index contributed by atoms with van der Waals surface area (Å²) < 4.78 is 5.41. The van der Waals surface area contributed by atoms with Crippen LogP contribution in [0.2, 0.25) is 0 Å². The maximum atomic E-state index is 12.1. The second kappa shape index (κ2) is 6.07. The molecule has 4 nitrogen and oxygen atoms in total. The lowest BCUT2D eigenvalue weighted by Crippen LogP contribution is -2.49. The van der Waals surface area contributed by atoms with Crippen LogP contribution < -0.4 is 5.32 Å². The standard InChI is InChI=1S/C20H30N2O2/c1-19(2,3)24-18(23)21-20(4,5)17-15-12-22(13-16(15)17)11-14-9-7-6-8-10-14/h6-10,15-17H,11-13H2,1-5H3,(H,21,23). The van der Waals surface area contributed by atoms with Crippen molar-refractivity contribution in [2.24, 2.45) is 17.8 Å². The van der Waals surface area contributed by atoms with E-state index in [0.29, 0.717) is 17.8 Å². The number of hydrogen-bond acceptors (Lipinski definition) is 3. The molecule has 2 unspecified atom stereocenters. The SMILES string of the molecule is CC(C)(C)OC(=O)NC(C)(C)C1C2CN(Cc3ccccc3)CC21. The van der Waals surface area contributed by atoms with Crippen LogP contribution in [0.4, 0.5) is 4.79 Å². The molecule has 3 rings (SSSR count). The highest BCUT2D eigenvalue weighted by molar-refractivity contribution is 5.68. The van der Waals surface area contributed by atoms with Gasteiger partial charge in [-0.05, 0) is 57.9 Å². The minimum Gasteiger partial charge on any atom is -0.444 e. The molecule has 2 atom stereocenters. The van der Waals surface area contributed by atoms with Crippen molar-refractivity contribution in [3.05, 3.63) is 35.9 Å². The van der Waals surface area contributed by atoms with Crippen LogP contribution in [-0.2, 0) is 11.3 Å². The summed E-state index contributed by atoms with van der Waals surface area (Å²) in [4.78, 5) is 14.6. The second-order valence-electron chi connectivity index (χ2n) is 8.88. The highest BCUT2D eigenvalue weighted by Crippen LogP contribution is 2.57. The van der Waals surface area contributed by atoms with E-state index in [4.69, 9.17) is 4.74 Å². The number of piperidine rings is 1. The van der Waals surface area contributed by atoms with Crippen LogP contribution >= 0.6 is 0 Å². The molecule has 1 aromatic rings. The van der Waals surface area contributed by atoms with Crippen LogP contribution in [0.25, 0.3) is 0 Å². The average Bonchev–Trinajstić information content (AvgIpc) is 2.97. The molecule has 1 aliphatic heterocycles. The van der Waals surface area contributed by atoms with E-state index in [1.165, 1.54) is 5.56 Å². The molecule has 2 aliphatic rings. The van der Waals surface area contributed by atoms with Gasteiger partial charge in [-0.25, -0.2) is 4.79 Å². The van der Waals surface area contributed by atoms with E-state index in [9.17, 15) is 4.79 Å². The van der Waals surface area contributed by atoms with E-state index in [1.807, 2.05) is 20.8 Å². The summed E-state index contributed by atoms with van der Waals surface area (Å²) in [5.74, 6) is 1.94. The molecule has 1 saturated carbocycles. The van der Waals surface area contributed by atoms with Gasteiger partial charge in [-0.3, -0.25) is 4.90 Å². The van der Waals surface area contributed by atoms with E-state index in [-0.39, 0.29) is 11.6 Å². The minimum atomic E-state index is -0.452. The number of nitrogens with zero attached hydrogens (tertiary/aromatic N) is 1. The Bertz CT molecular complexity index is 579. The summed E-state index contributed by atoms with van der Waals surface area (Å²) in [5, 5.41) is 3.09. The molecule has 0 bridgehead atoms. The summed E-state index contributed by atoms with van der Waals surface area (Å²) >= 11 is 0. The van der Waals surface area contributed by atoms with Gasteiger partial charge in [0.1, 0.15) is 5.60 Å². The number of amides is 1. The summed E-state index contributed by atoms with van der Waals surface area (Å²) in [7, 11) is 0. The Morgan fingerprint density at radius 2 is 1.71 bits per heavy atom. The van der Waals surface area contributed by atoms with Gasteiger partial charge in [0, 0.05) is 25.2 Å². The Labute approximate surface area is 145 Å². The first-order valence-corrected chi connectivity index (χ1v) is 8.93. The molecular weight excluding hydrogens is 300 g/mol. The van der Waals surface area contributed by atoms with E-state index in [0.717, 1.165) is 19.6 Å². The normalized spacial score (nSPS) is 26.8. The maximum absolute atomic E-state index is 12.1. The Morgan fingerprint density at radius 3 is 2.25 bits per heavy atom. The monoisotopic (exact) mass is 330 g/mol. The number of benzene rings is 1. The number of ether oxygens (including phenoxy) is 1. The predicted octanol–water partition coefficient (Wildman–Crippen LogP) is 3.67. The highest BCUT2D eigenvalue weighted by atomic mass is 16.6. The molecular formula is C20H30N2O2. The summed E-state index contributed by atoms with van der Waals surface area (Å²) in [6, 6.07) is 10.6. The number of carbonyl (C=O) groups excluding carboxylic acids is 1. The van der Waals surface area contributed by atoms with Crippen molar-refractivity contribution in [3.63, 3.8) is 0 Å². The maximum Gasteiger partial charge on any atom is 0.408 e.